The van der Waals surface area contributed by atoms with Crippen LogP contribution in [0.5, 0.6) is 0 Å². The van der Waals surface area contributed by atoms with Crippen molar-refractivity contribution in [2.45, 2.75) is 44.2 Å². The molecule has 2 atom stereocenters. The molecule has 1 aromatic heterocycles. The lowest BCUT2D eigenvalue weighted by Gasteiger charge is -2.39. The third kappa shape index (κ3) is 4.94. The molecule has 3 heterocycles. The molecule has 0 aromatic carbocycles. The zero-order valence-electron chi connectivity index (χ0n) is 14.1. The van der Waals surface area contributed by atoms with Gasteiger partial charge in [0.05, 0.1) is 6.04 Å². The molecule has 2 fully saturated rings. The Kier molecular flexibility index (Phi) is 8.73. The van der Waals surface area contributed by atoms with Gasteiger partial charge in [0.15, 0.2) is 5.82 Å². The molecule has 2 saturated heterocycles. The molecule has 8 heteroatoms. The average molecular weight is 376 g/mol. The van der Waals surface area contributed by atoms with Gasteiger partial charge in [-0.1, -0.05) is 6.42 Å². The summed E-state index contributed by atoms with van der Waals surface area (Å²) in [5, 5.41) is 11.5. The Balaban J connectivity index is 0.00000144. The smallest absolute Gasteiger partial charge is 0.239 e. The van der Waals surface area contributed by atoms with Crippen molar-refractivity contribution >= 4 is 36.5 Å². The summed E-state index contributed by atoms with van der Waals surface area (Å²) in [5.41, 5.74) is 0. The molecule has 0 aliphatic carbocycles. The average Bonchev–Trinajstić information content (AvgIpc) is 2.62. The van der Waals surface area contributed by atoms with Gasteiger partial charge in [-0.05, 0) is 44.4 Å². The number of piperidine rings is 2. The number of anilines is 1. The minimum Gasteiger partial charge on any atom is -0.353 e. The van der Waals surface area contributed by atoms with Gasteiger partial charge < -0.3 is 15.1 Å². The van der Waals surface area contributed by atoms with E-state index in [9.17, 15) is 4.79 Å². The Hall–Kier alpha value is -1.11. The van der Waals surface area contributed by atoms with Gasteiger partial charge in [0, 0.05) is 32.4 Å². The number of likely N-dealkylation sites (N-methyl/N-ethyl adjacent to an activating group) is 1. The van der Waals surface area contributed by atoms with Gasteiger partial charge in [0.2, 0.25) is 5.91 Å². The molecule has 0 saturated carbocycles. The van der Waals surface area contributed by atoms with Gasteiger partial charge in [-0.2, -0.15) is 5.10 Å². The summed E-state index contributed by atoms with van der Waals surface area (Å²) < 4.78 is 0. The quantitative estimate of drug-likeness (QED) is 0.873. The third-order valence-electron chi connectivity index (χ3n) is 4.78. The second-order valence-electron chi connectivity index (χ2n) is 6.28. The molecule has 1 amide bonds. The summed E-state index contributed by atoms with van der Waals surface area (Å²) in [6.07, 6.45) is 7.12. The fourth-order valence-corrected chi connectivity index (χ4v) is 3.43. The molecule has 0 radical (unpaired) electrons. The van der Waals surface area contributed by atoms with Crippen LogP contribution in [0.4, 0.5) is 5.82 Å². The number of rotatable bonds is 3. The van der Waals surface area contributed by atoms with E-state index in [-0.39, 0.29) is 42.8 Å². The molecule has 2 aliphatic rings. The molecule has 0 spiro atoms. The number of hydrogen-bond acceptors (Lipinski definition) is 5. The van der Waals surface area contributed by atoms with Crippen LogP contribution < -0.4 is 10.2 Å². The van der Waals surface area contributed by atoms with Gasteiger partial charge in [-0.15, -0.1) is 29.9 Å². The first kappa shape index (κ1) is 20.9. The number of amides is 1. The number of carbonyl (C=O) groups excluding carboxylic acids is 1. The molecule has 1 N–H and O–H groups in total. The van der Waals surface area contributed by atoms with Gasteiger partial charge in [0.1, 0.15) is 0 Å². The van der Waals surface area contributed by atoms with Crippen molar-refractivity contribution in [1.29, 1.82) is 0 Å². The van der Waals surface area contributed by atoms with Crippen molar-refractivity contribution in [3.8, 4) is 0 Å². The van der Waals surface area contributed by atoms with Crippen molar-refractivity contribution in [3.05, 3.63) is 18.3 Å². The Morgan fingerprint density at radius 2 is 2.12 bits per heavy atom. The number of hydrogen-bond donors (Lipinski definition) is 1. The van der Waals surface area contributed by atoms with Crippen LogP contribution in [0, 0.1) is 0 Å². The maximum Gasteiger partial charge on any atom is 0.239 e. The molecule has 0 bridgehead atoms. The molecular weight excluding hydrogens is 349 g/mol. The summed E-state index contributed by atoms with van der Waals surface area (Å²) in [4.78, 5) is 16.8. The van der Waals surface area contributed by atoms with Gasteiger partial charge in [0.25, 0.3) is 0 Å². The first-order chi connectivity index (χ1) is 10.8. The first-order valence-corrected chi connectivity index (χ1v) is 8.28. The zero-order chi connectivity index (χ0) is 15.4. The molecule has 24 heavy (non-hydrogen) atoms. The Morgan fingerprint density at radius 1 is 1.29 bits per heavy atom. The van der Waals surface area contributed by atoms with E-state index in [2.05, 4.69) is 20.4 Å². The van der Waals surface area contributed by atoms with Crippen LogP contribution in [0.2, 0.25) is 0 Å². The van der Waals surface area contributed by atoms with E-state index in [0.717, 1.165) is 51.1 Å². The minimum atomic E-state index is 0. The predicted molar refractivity (Wildman–Crippen MR) is 100 cm³/mol. The number of halogens is 2. The van der Waals surface area contributed by atoms with E-state index in [1.165, 1.54) is 6.42 Å². The standard InChI is InChI=1S/C16H25N5O.2ClH/c1-20(16(22)14-7-2-3-9-17-14)13-6-5-11-21(12-13)15-8-4-10-18-19-15;;/h4,8,10,13-14,17H,2-3,5-7,9,11-12H2,1H3;2*1H/t13?,14-;;/m1../s1. The van der Waals surface area contributed by atoms with E-state index in [0.29, 0.717) is 0 Å². The predicted octanol–water partition coefficient (Wildman–Crippen LogP) is 1.89. The van der Waals surface area contributed by atoms with Crippen molar-refractivity contribution in [1.82, 2.24) is 20.4 Å². The maximum atomic E-state index is 12.7. The van der Waals surface area contributed by atoms with Crippen LogP contribution in [-0.2, 0) is 4.79 Å². The number of nitrogens with one attached hydrogen (secondary N) is 1. The zero-order valence-corrected chi connectivity index (χ0v) is 15.7. The van der Waals surface area contributed by atoms with E-state index < -0.39 is 0 Å². The normalized spacial score (nSPS) is 23.6. The molecule has 1 aromatic rings. The number of aromatic nitrogens is 2. The van der Waals surface area contributed by atoms with Crippen LogP contribution >= 0.6 is 24.8 Å². The Morgan fingerprint density at radius 3 is 2.79 bits per heavy atom. The maximum absolute atomic E-state index is 12.7. The van der Waals surface area contributed by atoms with E-state index in [1.807, 2.05) is 24.1 Å². The summed E-state index contributed by atoms with van der Waals surface area (Å²) in [6.45, 7) is 2.78. The van der Waals surface area contributed by atoms with Crippen molar-refractivity contribution in [3.63, 3.8) is 0 Å². The minimum absolute atomic E-state index is 0. The SMILES string of the molecule is CN(C(=O)[C@H]1CCCCN1)C1CCCN(c2cccnn2)C1.Cl.Cl. The lowest BCUT2D eigenvalue weighted by molar-refractivity contribution is -0.135. The third-order valence-corrected chi connectivity index (χ3v) is 4.78. The van der Waals surface area contributed by atoms with Crippen molar-refractivity contribution in [2.24, 2.45) is 0 Å². The first-order valence-electron chi connectivity index (χ1n) is 8.28. The van der Waals surface area contributed by atoms with Gasteiger partial charge in [-0.3, -0.25) is 4.79 Å². The highest BCUT2D eigenvalue weighted by molar-refractivity contribution is 5.85. The monoisotopic (exact) mass is 375 g/mol. The largest absolute Gasteiger partial charge is 0.353 e. The summed E-state index contributed by atoms with van der Waals surface area (Å²) in [5.74, 6) is 1.15. The summed E-state index contributed by atoms with van der Waals surface area (Å²) in [7, 11) is 1.95. The second-order valence-corrected chi connectivity index (χ2v) is 6.28. The van der Waals surface area contributed by atoms with Gasteiger partial charge in [-0.25, -0.2) is 0 Å². The number of nitrogens with zero attached hydrogens (tertiary/aromatic N) is 4. The van der Waals surface area contributed by atoms with E-state index in [1.54, 1.807) is 6.20 Å². The van der Waals surface area contributed by atoms with Crippen LogP contribution in [0.25, 0.3) is 0 Å². The molecule has 6 nitrogen and oxygen atoms in total. The number of carbonyl (C=O) groups is 1. The van der Waals surface area contributed by atoms with Gasteiger partial charge >= 0.3 is 0 Å². The lowest BCUT2D eigenvalue weighted by Crippen LogP contribution is -2.54. The second kappa shape index (κ2) is 10.0. The molecule has 136 valence electrons. The highest BCUT2D eigenvalue weighted by atomic mass is 35.5. The highest BCUT2D eigenvalue weighted by Crippen LogP contribution is 2.21. The Labute approximate surface area is 156 Å². The Bertz CT molecular complexity index is 499. The lowest BCUT2D eigenvalue weighted by atomic mass is 10.0. The molecule has 2 aliphatic heterocycles. The van der Waals surface area contributed by atoms with E-state index in [4.69, 9.17) is 0 Å². The fourth-order valence-electron chi connectivity index (χ4n) is 3.43. The van der Waals surface area contributed by atoms with Crippen molar-refractivity contribution in [2.75, 3.05) is 31.6 Å². The van der Waals surface area contributed by atoms with Crippen LogP contribution in [-0.4, -0.2) is 59.8 Å². The molecule has 1 unspecified atom stereocenters. The molecule has 3 rings (SSSR count). The van der Waals surface area contributed by atoms with Crippen LogP contribution in [0.1, 0.15) is 32.1 Å². The molecular formula is C16H27Cl2N5O. The van der Waals surface area contributed by atoms with E-state index >= 15 is 0 Å². The van der Waals surface area contributed by atoms with Crippen LogP contribution in [0.15, 0.2) is 18.3 Å². The fraction of sp³-hybridized carbons (Fsp3) is 0.688. The topological polar surface area (TPSA) is 61.4 Å². The summed E-state index contributed by atoms with van der Waals surface area (Å²) in [6, 6.07) is 4.16. The highest BCUT2D eigenvalue weighted by Gasteiger charge is 2.31. The van der Waals surface area contributed by atoms with Crippen molar-refractivity contribution < 1.29 is 4.79 Å². The summed E-state index contributed by atoms with van der Waals surface area (Å²) >= 11 is 0. The van der Waals surface area contributed by atoms with Crippen LogP contribution in [0.3, 0.4) is 0 Å².